The molecule has 4 nitrogen and oxygen atoms in total. The summed E-state index contributed by atoms with van der Waals surface area (Å²) in [6.45, 7) is 9.61. The zero-order valence-corrected chi connectivity index (χ0v) is 12.1. The summed E-state index contributed by atoms with van der Waals surface area (Å²) in [5, 5.41) is 0. The number of hydrogen-bond donors (Lipinski definition) is 1. The summed E-state index contributed by atoms with van der Waals surface area (Å²) in [4.78, 5) is 2.38. The van der Waals surface area contributed by atoms with Gasteiger partial charge in [0.2, 0.25) is 0 Å². The molecule has 108 valence electrons. The highest BCUT2D eigenvalue weighted by atomic mass is 16.5. The van der Waals surface area contributed by atoms with Crippen LogP contribution < -0.4 is 10.5 Å². The Labute approximate surface area is 116 Å². The van der Waals surface area contributed by atoms with Crippen molar-refractivity contribution in [2.24, 2.45) is 0 Å². The van der Waals surface area contributed by atoms with Crippen LogP contribution in [0.2, 0.25) is 0 Å². The van der Waals surface area contributed by atoms with E-state index in [-0.39, 0.29) is 0 Å². The van der Waals surface area contributed by atoms with Crippen molar-refractivity contribution in [2.75, 3.05) is 45.2 Å². The van der Waals surface area contributed by atoms with E-state index in [2.05, 4.69) is 11.8 Å². The first kappa shape index (κ1) is 15.8. The van der Waals surface area contributed by atoms with Gasteiger partial charge in [-0.25, -0.2) is 0 Å². The van der Waals surface area contributed by atoms with E-state index in [0.717, 1.165) is 57.3 Å². The van der Waals surface area contributed by atoms with E-state index in [1.807, 2.05) is 31.2 Å². The number of ether oxygens (including phenoxy) is 2. The number of nitrogens with zero attached hydrogens (tertiary/aromatic N) is 1. The summed E-state index contributed by atoms with van der Waals surface area (Å²) < 4.78 is 11.0. The van der Waals surface area contributed by atoms with Crippen molar-refractivity contribution in [3.05, 3.63) is 24.3 Å². The van der Waals surface area contributed by atoms with Crippen molar-refractivity contribution in [1.82, 2.24) is 4.90 Å². The molecule has 0 saturated heterocycles. The average molecular weight is 266 g/mol. The summed E-state index contributed by atoms with van der Waals surface area (Å²) in [5.74, 6) is 0.881. The predicted octanol–water partition coefficient (Wildman–Crippen LogP) is 2.40. The molecule has 0 fully saturated rings. The molecule has 4 heteroatoms. The average Bonchev–Trinajstić information content (AvgIpc) is 2.43. The fourth-order valence-corrected chi connectivity index (χ4v) is 1.81. The number of nitrogens with two attached hydrogens (primary N) is 1. The van der Waals surface area contributed by atoms with Crippen LogP contribution in [0.1, 0.15) is 20.3 Å². The summed E-state index contributed by atoms with van der Waals surface area (Å²) in [6, 6.07) is 7.52. The lowest BCUT2D eigenvalue weighted by molar-refractivity contribution is 0.112. The minimum Gasteiger partial charge on any atom is -0.494 e. The maximum absolute atomic E-state index is 5.67. The van der Waals surface area contributed by atoms with Crippen molar-refractivity contribution < 1.29 is 9.47 Å². The molecule has 0 saturated carbocycles. The third kappa shape index (κ3) is 7.03. The van der Waals surface area contributed by atoms with Crippen LogP contribution in [0.4, 0.5) is 5.69 Å². The Bertz CT molecular complexity index is 327. The molecule has 0 radical (unpaired) electrons. The van der Waals surface area contributed by atoms with Crippen LogP contribution >= 0.6 is 0 Å². The molecule has 1 rings (SSSR count). The Morgan fingerprint density at radius 2 is 1.79 bits per heavy atom. The topological polar surface area (TPSA) is 47.7 Å². The zero-order chi connectivity index (χ0) is 13.9. The van der Waals surface area contributed by atoms with Gasteiger partial charge < -0.3 is 20.1 Å². The molecular formula is C15H26N2O2. The van der Waals surface area contributed by atoms with Crippen molar-refractivity contribution in [1.29, 1.82) is 0 Å². The Kier molecular flexibility index (Phi) is 8.02. The summed E-state index contributed by atoms with van der Waals surface area (Å²) >= 11 is 0. The van der Waals surface area contributed by atoms with Gasteiger partial charge in [0.05, 0.1) is 13.2 Å². The minimum atomic E-state index is 0.731. The third-order valence-electron chi connectivity index (χ3n) is 2.97. The summed E-state index contributed by atoms with van der Waals surface area (Å²) in [6.07, 6.45) is 1.02. The lowest BCUT2D eigenvalue weighted by Crippen LogP contribution is -2.29. The molecule has 1 aromatic carbocycles. The molecule has 2 N–H and O–H groups in total. The first-order valence-corrected chi connectivity index (χ1v) is 7.04. The SMILES string of the molecule is CCOCCN(CC)CCCOc1ccc(N)cc1. The van der Waals surface area contributed by atoms with Crippen LogP contribution in [0, 0.1) is 0 Å². The zero-order valence-electron chi connectivity index (χ0n) is 12.1. The van der Waals surface area contributed by atoms with Crippen LogP contribution in [0.5, 0.6) is 5.75 Å². The molecular weight excluding hydrogens is 240 g/mol. The molecule has 0 spiro atoms. The van der Waals surface area contributed by atoms with Gasteiger partial charge in [0.1, 0.15) is 5.75 Å². The number of nitrogen functional groups attached to an aromatic ring is 1. The van der Waals surface area contributed by atoms with Gasteiger partial charge in [0.25, 0.3) is 0 Å². The van der Waals surface area contributed by atoms with Gasteiger partial charge >= 0.3 is 0 Å². The first-order valence-electron chi connectivity index (χ1n) is 7.04. The minimum absolute atomic E-state index is 0.731. The molecule has 0 amide bonds. The largest absolute Gasteiger partial charge is 0.494 e. The van der Waals surface area contributed by atoms with Crippen LogP contribution in [-0.2, 0) is 4.74 Å². The maximum Gasteiger partial charge on any atom is 0.119 e. The molecule has 0 aliphatic carbocycles. The van der Waals surface area contributed by atoms with Gasteiger partial charge in [0, 0.05) is 25.4 Å². The van der Waals surface area contributed by atoms with Gasteiger partial charge in [0.15, 0.2) is 0 Å². The smallest absolute Gasteiger partial charge is 0.119 e. The molecule has 19 heavy (non-hydrogen) atoms. The van der Waals surface area contributed by atoms with Crippen molar-refractivity contribution >= 4 is 5.69 Å². The van der Waals surface area contributed by atoms with E-state index in [4.69, 9.17) is 15.2 Å². The summed E-state index contributed by atoms with van der Waals surface area (Å²) in [7, 11) is 0. The van der Waals surface area contributed by atoms with Gasteiger partial charge in [-0.05, 0) is 44.2 Å². The predicted molar refractivity (Wildman–Crippen MR) is 79.6 cm³/mol. The standard InChI is InChI=1S/C15H26N2O2/c1-3-17(11-13-18-4-2)10-5-12-19-15-8-6-14(16)7-9-15/h6-9H,3-5,10-13,16H2,1-2H3. The lowest BCUT2D eigenvalue weighted by Gasteiger charge is -2.20. The van der Waals surface area contributed by atoms with E-state index in [1.165, 1.54) is 0 Å². The first-order chi connectivity index (χ1) is 9.26. The normalized spacial score (nSPS) is 10.9. The molecule has 0 bridgehead atoms. The van der Waals surface area contributed by atoms with Crippen LogP contribution in [0.15, 0.2) is 24.3 Å². The molecule has 0 aliphatic heterocycles. The lowest BCUT2D eigenvalue weighted by atomic mass is 10.3. The molecule has 1 aromatic rings. The highest BCUT2D eigenvalue weighted by Gasteiger charge is 2.02. The number of rotatable bonds is 10. The summed E-state index contributed by atoms with van der Waals surface area (Å²) in [5.41, 5.74) is 6.39. The van der Waals surface area contributed by atoms with E-state index < -0.39 is 0 Å². The van der Waals surface area contributed by atoms with E-state index in [0.29, 0.717) is 0 Å². The highest BCUT2D eigenvalue weighted by Crippen LogP contribution is 2.13. The fourth-order valence-electron chi connectivity index (χ4n) is 1.81. The van der Waals surface area contributed by atoms with Crippen LogP contribution in [0.25, 0.3) is 0 Å². The van der Waals surface area contributed by atoms with Crippen LogP contribution in [-0.4, -0.2) is 44.4 Å². The Balaban J connectivity index is 2.12. The second kappa shape index (κ2) is 9.64. The highest BCUT2D eigenvalue weighted by molar-refractivity contribution is 5.41. The number of benzene rings is 1. The Morgan fingerprint density at radius 3 is 2.42 bits per heavy atom. The molecule has 0 heterocycles. The Hall–Kier alpha value is -1.26. The van der Waals surface area contributed by atoms with Gasteiger partial charge in [-0.1, -0.05) is 6.92 Å². The van der Waals surface area contributed by atoms with Crippen molar-refractivity contribution in [3.8, 4) is 5.75 Å². The fraction of sp³-hybridized carbons (Fsp3) is 0.600. The quantitative estimate of drug-likeness (QED) is 0.522. The van der Waals surface area contributed by atoms with E-state index >= 15 is 0 Å². The molecule has 0 aliphatic rings. The molecule has 0 unspecified atom stereocenters. The van der Waals surface area contributed by atoms with Gasteiger partial charge in [-0.2, -0.15) is 0 Å². The van der Waals surface area contributed by atoms with Crippen molar-refractivity contribution in [2.45, 2.75) is 20.3 Å². The van der Waals surface area contributed by atoms with Crippen molar-refractivity contribution in [3.63, 3.8) is 0 Å². The van der Waals surface area contributed by atoms with Crippen LogP contribution in [0.3, 0.4) is 0 Å². The maximum atomic E-state index is 5.67. The van der Waals surface area contributed by atoms with E-state index in [9.17, 15) is 0 Å². The van der Waals surface area contributed by atoms with Gasteiger partial charge in [-0.15, -0.1) is 0 Å². The molecule has 0 atom stereocenters. The Morgan fingerprint density at radius 1 is 1.05 bits per heavy atom. The second-order valence-corrected chi connectivity index (χ2v) is 4.40. The number of anilines is 1. The van der Waals surface area contributed by atoms with Gasteiger partial charge in [-0.3, -0.25) is 0 Å². The van der Waals surface area contributed by atoms with E-state index in [1.54, 1.807) is 0 Å². The monoisotopic (exact) mass is 266 g/mol. The number of likely N-dealkylation sites (N-methyl/N-ethyl adjacent to an activating group) is 1. The molecule has 0 aromatic heterocycles. The third-order valence-corrected chi connectivity index (χ3v) is 2.97. The number of hydrogen-bond acceptors (Lipinski definition) is 4. The second-order valence-electron chi connectivity index (χ2n) is 4.40.